The van der Waals surface area contributed by atoms with Crippen LogP contribution in [0.2, 0.25) is 0 Å². The highest BCUT2D eigenvalue weighted by Gasteiger charge is 2.05. The predicted molar refractivity (Wildman–Crippen MR) is 90.4 cm³/mol. The fraction of sp³-hybridized carbons (Fsp3) is 0.500. The molecule has 1 aromatic carbocycles. The zero-order chi connectivity index (χ0) is 16.5. The highest BCUT2D eigenvalue weighted by molar-refractivity contribution is 5.53. The lowest BCUT2D eigenvalue weighted by Gasteiger charge is -2.18. The Kier molecular flexibility index (Phi) is 6.68. The van der Waals surface area contributed by atoms with E-state index < -0.39 is 0 Å². The number of nitrogens with one attached hydrogen (secondary N) is 1. The second-order valence-corrected chi connectivity index (χ2v) is 5.24. The van der Waals surface area contributed by atoms with Gasteiger partial charge in [0.05, 0.1) is 6.61 Å². The van der Waals surface area contributed by atoms with Crippen LogP contribution in [0.3, 0.4) is 0 Å². The van der Waals surface area contributed by atoms with E-state index in [1.807, 2.05) is 12.1 Å². The van der Waals surface area contributed by atoms with Gasteiger partial charge in [-0.3, -0.25) is 4.90 Å². The number of benzene rings is 1. The fourth-order valence-electron chi connectivity index (χ4n) is 2.23. The molecule has 0 radical (unpaired) electrons. The summed E-state index contributed by atoms with van der Waals surface area (Å²) in [6.45, 7) is 8.71. The molecule has 2 rings (SSSR count). The highest BCUT2D eigenvalue weighted by atomic mass is 16.6. The Hall–Kier alpha value is -2.28. The molecule has 0 atom stereocenters. The number of rotatable bonds is 10. The Bertz CT molecular complexity index is 583. The molecule has 1 aromatic heterocycles. The summed E-state index contributed by atoms with van der Waals surface area (Å²) < 4.78 is 10.3. The van der Waals surface area contributed by atoms with Crippen molar-refractivity contribution in [3.63, 3.8) is 0 Å². The summed E-state index contributed by atoms with van der Waals surface area (Å²) in [5, 5.41) is 10.2. The molecule has 0 aliphatic heterocycles. The smallest absolute Gasteiger partial charge is 0.215 e. The van der Waals surface area contributed by atoms with Crippen molar-refractivity contribution >= 4 is 11.6 Å². The van der Waals surface area contributed by atoms with E-state index in [4.69, 9.17) is 10.5 Å². The van der Waals surface area contributed by atoms with Crippen LogP contribution in [0.25, 0.3) is 0 Å². The molecule has 126 valence electrons. The van der Waals surface area contributed by atoms with Crippen molar-refractivity contribution in [3.05, 3.63) is 29.8 Å². The van der Waals surface area contributed by atoms with Gasteiger partial charge in [-0.25, -0.2) is 4.63 Å². The second-order valence-electron chi connectivity index (χ2n) is 5.24. The molecular formula is C16H25N5O2. The van der Waals surface area contributed by atoms with Gasteiger partial charge < -0.3 is 15.8 Å². The predicted octanol–water partition coefficient (Wildman–Crippen LogP) is 2.37. The number of aromatic nitrogens is 2. The van der Waals surface area contributed by atoms with Crippen molar-refractivity contribution in [1.29, 1.82) is 0 Å². The molecule has 7 heteroatoms. The zero-order valence-corrected chi connectivity index (χ0v) is 13.8. The van der Waals surface area contributed by atoms with E-state index in [0.717, 1.165) is 31.8 Å². The second kappa shape index (κ2) is 8.99. The number of hydrogen-bond acceptors (Lipinski definition) is 7. The van der Waals surface area contributed by atoms with Crippen molar-refractivity contribution in [3.8, 4) is 5.75 Å². The number of hydrogen-bond donors (Lipinski definition) is 2. The van der Waals surface area contributed by atoms with E-state index in [0.29, 0.717) is 19.0 Å². The summed E-state index contributed by atoms with van der Waals surface area (Å²) in [6.07, 6.45) is 0.826. The van der Waals surface area contributed by atoms with E-state index >= 15 is 0 Å². The Morgan fingerprint density at radius 3 is 2.78 bits per heavy atom. The number of nitrogens with zero attached hydrogens (tertiary/aromatic N) is 3. The van der Waals surface area contributed by atoms with E-state index in [-0.39, 0.29) is 5.82 Å². The lowest BCUT2D eigenvalue weighted by molar-refractivity contribution is 0.292. The zero-order valence-electron chi connectivity index (χ0n) is 13.8. The quantitative estimate of drug-likeness (QED) is 0.650. The van der Waals surface area contributed by atoms with E-state index in [9.17, 15) is 0 Å². The molecule has 2 aromatic rings. The fourth-order valence-corrected chi connectivity index (χ4v) is 2.23. The lowest BCUT2D eigenvalue weighted by Crippen LogP contribution is -2.22. The molecule has 0 aliphatic rings. The minimum Gasteiger partial charge on any atom is -0.494 e. The van der Waals surface area contributed by atoms with Gasteiger partial charge in [-0.15, -0.1) is 0 Å². The molecule has 0 aliphatic carbocycles. The molecule has 0 bridgehead atoms. The first-order valence-corrected chi connectivity index (χ1v) is 7.99. The van der Waals surface area contributed by atoms with Crippen LogP contribution in [0, 0.1) is 0 Å². The lowest BCUT2D eigenvalue weighted by atomic mass is 10.2. The molecule has 0 fully saturated rings. The number of ether oxygens (including phenoxy) is 1. The SMILES string of the molecule is CCN(CC)Cc1cccc(OCCCNc2nonc2N)c1. The van der Waals surface area contributed by atoms with Crippen molar-refractivity contribution in [2.45, 2.75) is 26.8 Å². The van der Waals surface area contributed by atoms with Crippen LogP contribution in [0.5, 0.6) is 5.75 Å². The molecule has 0 saturated heterocycles. The molecule has 3 N–H and O–H groups in total. The largest absolute Gasteiger partial charge is 0.494 e. The number of anilines is 2. The van der Waals surface area contributed by atoms with Crippen LogP contribution in [0.15, 0.2) is 28.9 Å². The molecule has 0 saturated carbocycles. The molecule has 23 heavy (non-hydrogen) atoms. The molecule has 7 nitrogen and oxygen atoms in total. The first-order valence-electron chi connectivity index (χ1n) is 7.99. The standard InChI is InChI=1S/C16H25N5O2/c1-3-21(4-2)12-13-7-5-8-14(11-13)22-10-6-9-18-16-15(17)19-23-20-16/h5,7-8,11H,3-4,6,9-10,12H2,1-2H3,(H2,17,19)(H,18,20). The third kappa shape index (κ3) is 5.45. The summed E-state index contributed by atoms with van der Waals surface area (Å²) in [4.78, 5) is 2.37. The molecular weight excluding hydrogens is 294 g/mol. The third-order valence-corrected chi connectivity index (χ3v) is 3.60. The minimum atomic E-state index is 0.273. The van der Waals surface area contributed by atoms with Gasteiger partial charge in [-0.2, -0.15) is 0 Å². The van der Waals surface area contributed by atoms with Crippen LogP contribution in [-0.4, -0.2) is 41.5 Å². The Morgan fingerprint density at radius 2 is 2.09 bits per heavy atom. The van der Waals surface area contributed by atoms with Gasteiger partial charge in [0.25, 0.3) is 0 Å². The van der Waals surface area contributed by atoms with Crippen LogP contribution in [0.1, 0.15) is 25.8 Å². The summed E-state index contributed by atoms with van der Waals surface area (Å²) >= 11 is 0. The van der Waals surface area contributed by atoms with Crippen LogP contribution >= 0.6 is 0 Å². The summed E-state index contributed by atoms with van der Waals surface area (Å²) in [5.74, 6) is 1.65. The topological polar surface area (TPSA) is 89.4 Å². The van der Waals surface area contributed by atoms with E-state index in [1.54, 1.807) is 0 Å². The van der Waals surface area contributed by atoms with Crippen molar-refractivity contribution in [2.24, 2.45) is 0 Å². The summed E-state index contributed by atoms with van der Waals surface area (Å²) in [5.41, 5.74) is 6.83. The molecule has 0 unspecified atom stereocenters. The van der Waals surface area contributed by atoms with Gasteiger partial charge in [-0.1, -0.05) is 26.0 Å². The van der Waals surface area contributed by atoms with Gasteiger partial charge in [-0.05, 0) is 47.5 Å². The van der Waals surface area contributed by atoms with Gasteiger partial charge in [0, 0.05) is 13.1 Å². The van der Waals surface area contributed by atoms with Crippen LogP contribution < -0.4 is 15.8 Å². The van der Waals surface area contributed by atoms with E-state index in [2.05, 4.69) is 51.1 Å². The Balaban J connectivity index is 1.72. The monoisotopic (exact) mass is 319 g/mol. The average molecular weight is 319 g/mol. The Labute approximate surface area is 136 Å². The summed E-state index contributed by atoms with van der Waals surface area (Å²) in [7, 11) is 0. The maximum atomic E-state index is 5.80. The first kappa shape index (κ1) is 17.1. The number of nitrogens with two attached hydrogens (primary N) is 1. The molecule has 1 heterocycles. The third-order valence-electron chi connectivity index (χ3n) is 3.60. The van der Waals surface area contributed by atoms with E-state index in [1.165, 1.54) is 5.56 Å². The van der Waals surface area contributed by atoms with Crippen LogP contribution in [-0.2, 0) is 6.54 Å². The summed E-state index contributed by atoms with van der Waals surface area (Å²) in [6, 6.07) is 8.26. The average Bonchev–Trinajstić information content (AvgIpc) is 2.98. The maximum Gasteiger partial charge on any atom is 0.215 e. The maximum absolute atomic E-state index is 5.80. The van der Waals surface area contributed by atoms with Gasteiger partial charge in [0.15, 0.2) is 0 Å². The van der Waals surface area contributed by atoms with Gasteiger partial charge in [0.1, 0.15) is 5.75 Å². The van der Waals surface area contributed by atoms with Crippen molar-refractivity contribution < 1.29 is 9.37 Å². The Morgan fingerprint density at radius 1 is 1.26 bits per heavy atom. The van der Waals surface area contributed by atoms with Gasteiger partial charge in [0.2, 0.25) is 11.6 Å². The van der Waals surface area contributed by atoms with Crippen molar-refractivity contribution in [2.75, 3.05) is 37.3 Å². The van der Waals surface area contributed by atoms with Crippen molar-refractivity contribution in [1.82, 2.24) is 15.2 Å². The normalized spacial score (nSPS) is 10.9. The minimum absolute atomic E-state index is 0.273. The highest BCUT2D eigenvalue weighted by Crippen LogP contribution is 2.15. The number of nitrogen functional groups attached to an aromatic ring is 1. The van der Waals surface area contributed by atoms with Gasteiger partial charge >= 0.3 is 0 Å². The molecule has 0 spiro atoms. The molecule has 0 amide bonds. The first-order chi connectivity index (χ1) is 11.2. The van der Waals surface area contributed by atoms with Crippen LogP contribution in [0.4, 0.5) is 11.6 Å².